The maximum absolute atomic E-state index is 12.3. The molecule has 0 aromatic carbocycles. The number of primary amides is 1. The first-order chi connectivity index (χ1) is 13.6. The second-order valence-corrected chi connectivity index (χ2v) is 9.50. The van der Waals surface area contributed by atoms with E-state index < -0.39 is 41.2 Å². The molecule has 3 amide bonds. The summed E-state index contributed by atoms with van der Waals surface area (Å²) in [6.45, 7) is 6.03. The van der Waals surface area contributed by atoms with Gasteiger partial charge < -0.3 is 20.3 Å². The molecule has 0 spiro atoms. The van der Waals surface area contributed by atoms with Crippen molar-refractivity contribution in [1.29, 1.82) is 0 Å². The lowest BCUT2D eigenvalue weighted by Gasteiger charge is -2.51. The molecule has 1 aliphatic carbocycles. The Balaban J connectivity index is 2.42. The Morgan fingerprint density at radius 1 is 1.45 bits per heavy atom. The third-order valence-electron chi connectivity index (χ3n) is 6.11. The van der Waals surface area contributed by atoms with Crippen molar-refractivity contribution in [2.45, 2.75) is 69.5 Å². The highest BCUT2D eigenvalue weighted by molar-refractivity contribution is 7.98. The lowest BCUT2D eigenvalue weighted by molar-refractivity contribution is -0.159. The summed E-state index contributed by atoms with van der Waals surface area (Å²) in [6, 6.07) is -1.47. The van der Waals surface area contributed by atoms with E-state index in [-0.39, 0.29) is 12.0 Å². The minimum atomic E-state index is -1.06. The van der Waals surface area contributed by atoms with Crippen LogP contribution in [-0.4, -0.2) is 76.4 Å². The van der Waals surface area contributed by atoms with Crippen molar-refractivity contribution < 1.29 is 24.2 Å². The molecule has 1 saturated heterocycles. The number of nitrogens with two attached hydrogens (primary N) is 1. The molecule has 9 heteroatoms. The number of carbonyl (C=O) groups is 2. The minimum Gasteiger partial charge on any atom is -0.389 e. The molecule has 0 radical (unpaired) electrons. The van der Waals surface area contributed by atoms with Crippen molar-refractivity contribution in [2.75, 3.05) is 25.0 Å². The van der Waals surface area contributed by atoms with Gasteiger partial charge in [0.25, 0.3) is 0 Å². The fourth-order valence-corrected chi connectivity index (χ4v) is 5.75. The van der Waals surface area contributed by atoms with Gasteiger partial charge in [0.1, 0.15) is 11.5 Å². The number of nitrogens with zero attached hydrogens (tertiary/aromatic N) is 1. The van der Waals surface area contributed by atoms with Gasteiger partial charge in [-0.2, -0.15) is 11.8 Å². The summed E-state index contributed by atoms with van der Waals surface area (Å²) in [7, 11) is 1.52. The van der Waals surface area contributed by atoms with Gasteiger partial charge in [-0.15, -0.1) is 11.6 Å². The number of halogens is 1. The van der Waals surface area contributed by atoms with Gasteiger partial charge in [-0.1, -0.05) is 11.6 Å². The second-order valence-electron chi connectivity index (χ2n) is 8.36. The van der Waals surface area contributed by atoms with E-state index in [0.717, 1.165) is 11.3 Å². The van der Waals surface area contributed by atoms with E-state index in [9.17, 15) is 14.7 Å². The molecule has 2 aliphatic rings. The fraction of sp³-hybridized carbons (Fsp3) is 0.800. The van der Waals surface area contributed by atoms with Gasteiger partial charge in [0.2, 0.25) is 5.91 Å². The SMILES string of the molecule is COC1C(N(C(N)=O)C(=O)CCl)CCC(O)(CSC)C1C1(C)OC1CC=C(C)C. The number of thioether (sulfide) groups is 1. The van der Waals surface area contributed by atoms with Crippen LogP contribution in [0.5, 0.6) is 0 Å². The van der Waals surface area contributed by atoms with Crippen molar-refractivity contribution in [2.24, 2.45) is 11.7 Å². The first-order valence-electron chi connectivity index (χ1n) is 9.78. The third kappa shape index (κ3) is 4.93. The van der Waals surface area contributed by atoms with E-state index >= 15 is 0 Å². The fourth-order valence-electron chi connectivity index (χ4n) is 4.79. The Morgan fingerprint density at radius 2 is 2.10 bits per heavy atom. The number of hydrogen-bond donors (Lipinski definition) is 2. The molecule has 0 aromatic heterocycles. The lowest BCUT2D eigenvalue weighted by atomic mass is 9.65. The molecule has 3 N–H and O–H groups in total. The van der Waals surface area contributed by atoms with E-state index in [1.165, 1.54) is 12.7 Å². The Hall–Kier alpha value is -0.800. The quantitative estimate of drug-likeness (QED) is 0.336. The second kappa shape index (κ2) is 9.56. The van der Waals surface area contributed by atoms with Crippen LogP contribution in [0.15, 0.2) is 11.6 Å². The number of imide groups is 1. The standard InChI is InChI=1S/C20H33ClN2O5S/c1-12(2)6-7-14-19(3,28-14)17-16(27-4)13(8-9-20(17,26)11-29-5)23(18(22)25)15(24)10-21/h6,13-14,16-17,26H,7-11H2,1-5H3,(H2,22,25). The van der Waals surface area contributed by atoms with Crippen LogP contribution in [0.3, 0.4) is 0 Å². The summed E-state index contributed by atoms with van der Waals surface area (Å²) < 4.78 is 11.9. The topological polar surface area (TPSA) is 105 Å². The maximum Gasteiger partial charge on any atom is 0.321 e. The third-order valence-corrected chi connectivity index (χ3v) is 7.13. The molecule has 2 fully saturated rings. The molecule has 29 heavy (non-hydrogen) atoms. The normalized spacial score (nSPS) is 36.4. The molecule has 1 heterocycles. The molecule has 6 unspecified atom stereocenters. The number of aliphatic hydroxyl groups is 1. The Kier molecular flexibility index (Phi) is 8.06. The zero-order valence-corrected chi connectivity index (χ0v) is 19.4. The number of urea groups is 1. The van der Waals surface area contributed by atoms with Gasteiger partial charge in [-0.25, -0.2) is 4.79 Å². The van der Waals surface area contributed by atoms with Crippen molar-refractivity contribution in [3.63, 3.8) is 0 Å². The number of carbonyl (C=O) groups excluding carboxylic acids is 2. The maximum atomic E-state index is 12.3. The highest BCUT2D eigenvalue weighted by Crippen LogP contribution is 2.55. The first-order valence-corrected chi connectivity index (χ1v) is 11.7. The zero-order chi connectivity index (χ0) is 22.0. The smallest absolute Gasteiger partial charge is 0.321 e. The number of ether oxygens (including phenoxy) is 2. The molecular formula is C20H33ClN2O5S. The van der Waals surface area contributed by atoms with Gasteiger partial charge in [0.15, 0.2) is 0 Å². The molecular weight excluding hydrogens is 416 g/mol. The van der Waals surface area contributed by atoms with E-state index in [0.29, 0.717) is 18.6 Å². The van der Waals surface area contributed by atoms with Gasteiger partial charge in [0, 0.05) is 18.8 Å². The van der Waals surface area contributed by atoms with Gasteiger partial charge in [0.05, 0.1) is 23.9 Å². The van der Waals surface area contributed by atoms with Crippen LogP contribution in [-0.2, 0) is 14.3 Å². The molecule has 0 aromatic rings. The Morgan fingerprint density at radius 3 is 2.59 bits per heavy atom. The Bertz CT molecular complexity index is 659. The van der Waals surface area contributed by atoms with Crippen LogP contribution in [0.2, 0.25) is 0 Å². The predicted molar refractivity (Wildman–Crippen MR) is 115 cm³/mol. The summed E-state index contributed by atoms with van der Waals surface area (Å²) >= 11 is 7.26. The summed E-state index contributed by atoms with van der Waals surface area (Å²) in [5, 5.41) is 11.6. The molecule has 2 rings (SSSR count). The van der Waals surface area contributed by atoms with E-state index in [1.54, 1.807) is 11.8 Å². The molecule has 1 saturated carbocycles. The van der Waals surface area contributed by atoms with Crippen LogP contribution in [0, 0.1) is 5.92 Å². The van der Waals surface area contributed by atoms with Crippen LogP contribution in [0.1, 0.15) is 40.0 Å². The number of allylic oxidation sites excluding steroid dienone is 1. The summed E-state index contributed by atoms with van der Waals surface area (Å²) in [4.78, 5) is 25.4. The number of amides is 3. The van der Waals surface area contributed by atoms with E-state index in [2.05, 4.69) is 6.08 Å². The van der Waals surface area contributed by atoms with E-state index in [4.69, 9.17) is 26.8 Å². The Labute approximate surface area is 182 Å². The van der Waals surface area contributed by atoms with Gasteiger partial charge in [-0.3, -0.25) is 9.69 Å². The molecule has 6 atom stereocenters. The summed E-state index contributed by atoms with van der Waals surface area (Å²) in [5.41, 5.74) is 5.01. The number of alkyl halides is 1. The number of epoxide rings is 1. The highest BCUT2D eigenvalue weighted by atomic mass is 35.5. The van der Waals surface area contributed by atoms with Crippen LogP contribution >= 0.6 is 23.4 Å². The van der Waals surface area contributed by atoms with Crippen molar-refractivity contribution in [1.82, 2.24) is 4.90 Å². The van der Waals surface area contributed by atoms with Crippen LogP contribution in [0.25, 0.3) is 0 Å². The molecule has 166 valence electrons. The van der Waals surface area contributed by atoms with E-state index in [1.807, 2.05) is 27.0 Å². The zero-order valence-electron chi connectivity index (χ0n) is 17.8. The average molecular weight is 449 g/mol. The minimum absolute atomic E-state index is 0.0714. The molecule has 0 bridgehead atoms. The summed E-state index contributed by atoms with van der Waals surface area (Å²) in [5.74, 6) is -0.861. The summed E-state index contributed by atoms with van der Waals surface area (Å²) in [6.07, 6.45) is 4.86. The number of hydrogen-bond acceptors (Lipinski definition) is 6. The first kappa shape index (κ1) is 24.5. The average Bonchev–Trinajstić information content (AvgIpc) is 3.31. The van der Waals surface area contributed by atoms with Crippen LogP contribution in [0.4, 0.5) is 4.79 Å². The van der Waals surface area contributed by atoms with Gasteiger partial charge in [-0.05, 0) is 46.3 Å². The van der Waals surface area contributed by atoms with Gasteiger partial charge >= 0.3 is 6.03 Å². The van der Waals surface area contributed by atoms with Crippen molar-refractivity contribution >= 4 is 35.3 Å². The van der Waals surface area contributed by atoms with Crippen LogP contribution < -0.4 is 5.73 Å². The molecule has 7 nitrogen and oxygen atoms in total. The monoisotopic (exact) mass is 448 g/mol. The van der Waals surface area contributed by atoms with Crippen molar-refractivity contribution in [3.8, 4) is 0 Å². The number of rotatable bonds is 8. The predicted octanol–water partition coefficient (Wildman–Crippen LogP) is 2.53. The molecule has 1 aliphatic heterocycles. The lowest BCUT2D eigenvalue weighted by Crippen LogP contribution is -2.66. The van der Waals surface area contributed by atoms with Crippen molar-refractivity contribution in [3.05, 3.63) is 11.6 Å². The highest BCUT2D eigenvalue weighted by Gasteiger charge is 2.67. The largest absolute Gasteiger partial charge is 0.389 e. The number of methoxy groups -OCH3 is 1.